The summed E-state index contributed by atoms with van der Waals surface area (Å²) in [7, 11) is 0. The van der Waals surface area contributed by atoms with E-state index < -0.39 is 5.82 Å². The van der Waals surface area contributed by atoms with Gasteiger partial charge in [0.1, 0.15) is 5.82 Å². The maximum absolute atomic E-state index is 13.2. The average molecular weight is 305 g/mol. The SMILES string of the molecule is O=C(CN1CCN(C(=O)c2cccc(F)c2)CC1)NC1CC1. The highest BCUT2D eigenvalue weighted by molar-refractivity contribution is 5.94. The van der Waals surface area contributed by atoms with Crippen LogP contribution in [0.15, 0.2) is 24.3 Å². The Labute approximate surface area is 129 Å². The van der Waals surface area contributed by atoms with Crippen LogP contribution in [-0.4, -0.2) is 60.4 Å². The van der Waals surface area contributed by atoms with Crippen LogP contribution in [-0.2, 0) is 4.79 Å². The van der Waals surface area contributed by atoms with Crippen LogP contribution >= 0.6 is 0 Å². The second-order valence-electron chi connectivity index (χ2n) is 5.92. The molecule has 6 heteroatoms. The maximum atomic E-state index is 13.2. The third-order valence-electron chi connectivity index (χ3n) is 4.04. The summed E-state index contributed by atoms with van der Waals surface area (Å²) in [6.45, 7) is 2.84. The van der Waals surface area contributed by atoms with E-state index in [1.807, 2.05) is 4.90 Å². The van der Waals surface area contributed by atoms with E-state index in [9.17, 15) is 14.0 Å². The molecule has 1 aliphatic heterocycles. The fourth-order valence-corrected chi connectivity index (χ4v) is 2.62. The van der Waals surface area contributed by atoms with Gasteiger partial charge in [-0.15, -0.1) is 0 Å². The third kappa shape index (κ3) is 3.82. The zero-order valence-electron chi connectivity index (χ0n) is 12.4. The average Bonchev–Trinajstić information content (AvgIpc) is 3.31. The van der Waals surface area contributed by atoms with Gasteiger partial charge in [0.2, 0.25) is 5.91 Å². The van der Waals surface area contributed by atoms with E-state index in [-0.39, 0.29) is 11.8 Å². The second kappa shape index (κ2) is 6.44. The maximum Gasteiger partial charge on any atom is 0.254 e. The van der Waals surface area contributed by atoms with Crippen LogP contribution in [0.1, 0.15) is 23.2 Å². The molecule has 1 N–H and O–H groups in total. The van der Waals surface area contributed by atoms with Gasteiger partial charge >= 0.3 is 0 Å². The molecule has 0 radical (unpaired) electrons. The number of carbonyl (C=O) groups excluding carboxylic acids is 2. The largest absolute Gasteiger partial charge is 0.352 e. The summed E-state index contributed by atoms with van der Waals surface area (Å²) in [5, 5.41) is 2.96. The number of rotatable bonds is 4. The first-order valence-electron chi connectivity index (χ1n) is 7.68. The van der Waals surface area contributed by atoms with Gasteiger partial charge in [0.05, 0.1) is 6.54 Å². The lowest BCUT2D eigenvalue weighted by molar-refractivity contribution is -0.122. The Hall–Kier alpha value is -1.95. The normalized spacial score (nSPS) is 19.0. The number of carbonyl (C=O) groups is 2. The zero-order chi connectivity index (χ0) is 15.5. The molecule has 3 rings (SSSR count). The van der Waals surface area contributed by atoms with Crippen molar-refractivity contribution in [1.82, 2.24) is 15.1 Å². The molecule has 0 atom stereocenters. The van der Waals surface area contributed by atoms with E-state index in [1.54, 1.807) is 17.0 Å². The minimum absolute atomic E-state index is 0.0624. The number of piperazine rings is 1. The number of hydrogen-bond donors (Lipinski definition) is 1. The van der Waals surface area contributed by atoms with Gasteiger partial charge in [0.25, 0.3) is 5.91 Å². The van der Waals surface area contributed by atoms with Gasteiger partial charge in [0.15, 0.2) is 0 Å². The molecule has 1 aliphatic carbocycles. The summed E-state index contributed by atoms with van der Waals surface area (Å²) in [5.74, 6) is -0.491. The van der Waals surface area contributed by atoms with Gasteiger partial charge in [-0.2, -0.15) is 0 Å². The molecule has 0 unspecified atom stereocenters. The summed E-state index contributed by atoms with van der Waals surface area (Å²) in [5.41, 5.74) is 0.375. The fraction of sp³-hybridized carbons (Fsp3) is 0.500. The highest BCUT2D eigenvalue weighted by atomic mass is 19.1. The van der Waals surface area contributed by atoms with Crippen molar-refractivity contribution in [2.24, 2.45) is 0 Å². The summed E-state index contributed by atoms with van der Waals surface area (Å²) in [6.07, 6.45) is 2.17. The van der Waals surface area contributed by atoms with Crippen molar-refractivity contribution in [2.75, 3.05) is 32.7 Å². The molecule has 1 aromatic carbocycles. The molecule has 1 heterocycles. The highest BCUT2D eigenvalue weighted by Gasteiger charge is 2.26. The van der Waals surface area contributed by atoms with Crippen molar-refractivity contribution in [3.8, 4) is 0 Å². The summed E-state index contributed by atoms with van der Waals surface area (Å²) in [4.78, 5) is 27.8. The van der Waals surface area contributed by atoms with Crippen LogP contribution in [0.2, 0.25) is 0 Å². The van der Waals surface area contributed by atoms with Crippen molar-refractivity contribution in [1.29, 1.82) is 0 Å². The number of nitrogens with one attached hydrogen (secondary N) is 1. The van der Waals surface area contributed by atoms with E-state index in [4.69, 9.17) is 0 Å². The Morgan fingerprint density at radius 2 is 1.91 bits per heavy atom. The van der Waals surface area contributed by atoms with Crippen molar-refractivity contribution < 1.29 is 14.0 Å². The Balaban J connectivity index is 1.48. The predicted octanol–water partition coefficient (Wildman–Crippen LogP) is 0.862. The molecule has 2 fully saturated rings. The molecule has 118 valence electrons. The van der Waals surface area contributed by atoms with Gasteiger partial charge in [-0.3, -0.25) is 14.5 Å². The van der Waals surface area contributed by atoms with Crippen molar-refractivity contribution in [2.45, 2.75) is 18.9 Å². The highest BCUT2D eigenvalue weighted by Crippen LogP contribution is 2.18. The fourth-order valence-electron chi connectivity index (χ4n) is 2.62. The molecule has 0 spiro atoms. The van der Waals surface area contributed by atoms with Crippen LogP contribution in [0.25, 0.3) is 0 Å². The molecule has 1 saturated carbocycles. The zero-order valence-corrected chi connectivity index (χ0v) is 12.4. The molecule has 5 nitrogen and oxygen atoms in total. The molecule has 2 amide bonds. The number of benzene rings is 1. The second-order valence-corrected chi connectivity index (χ2v) is 5.92. The lowest BCUT2D eigenvalue weighted by Crippen LogP contribution is -2.51. The first-order valence-corrected chi connectivity index (χ1v) is 7.68. The lowest BCUT2D eigenvalue weighted by atomic mass is 10.1. The van der Waals surface area contributed by atoms with E-state index in [2.05, 4.69) is 5.32 Å². The number of halogens is 1. The smallest absolute Gasteiger partial charge is 0.254 e. The molecular formula is C16H20FN3O2. The quantitative estimate of drug-likeness (QED) is 0.898. The molecule has 1 saturated heterocycles. The molecular weight excluding hydrogens is 285 g/mol. The first kappa shape index (κ1) is 15.0. The molecule has 0 aromatic heterocycles. The third-order valence-corrected chi connectivity index (χ3v) is 4.04. The van der Waals surface area contributed by atoms with Crippen molar-refractivity contribution in [3.63, 3.8) is 0 Å². The van der Waals surface area contributed by atoms with Gasteiger partial charge < -0.3 is 10.2 Å². The summed E-state index contributed by atoms with van der Waals surface area (Å²) >= 11 is 0. The van der Waals surface area contributed by atoms with Crippen LogP contribution in [0.3, 0.4) is 0 Å². The van der Waals surface area contributed by atoms with E-state index >= 15 is 0 Å². The first-order chi connectivity index (χ1) is 10.6. The van der Waals surface area contributed by atoms with Gasteiger partial charge in [-0.1, -0.05) is 6.07 Å². The Morgan fingerprint density at radius 3 is 2.55 bits per heavy atom. The number of nitrogens with zero attached hydrogens (tertiary/aromatic N) is 2. The minimum Gasteiger partial charge on any atom is -0.352 e. The Morgan fingerprint density at radius 1 is 1.18 bits per heavy atom. The van der Waals surface area contributed by atoms with Crippen LogP contribution in [0, 0.1) is 5.82 Å². The van der Waals surface area contributed by atoms with Crippen molar-refractivity contribution in [3.05, 3.63) is 35.6 Å². The summed E-state index contributed by atoms with van der Waals surface area (Å²) < 4.78 is 13.2. The van der Waals surface area contributed by atoms with Gasteiger partial charge in [-0.25, -0.2) is 4.39 Å². The van der Waals surface area contributed by atoms with Crippen LogP contribution in [0.4, 0.5) is 4.39 Å². The number of hydrogen-bond acceptors (Lipinski definition) is 3. The van der Waals surface area contributed by atoms with E-state index in [1.165, 1.54) is 12.1 Å². The molecule has 2 aliphatic rings. The van der Waals surface area contributed by atoms with Crippen molar-refractivity contribution >= 4 is 11.8 Å². The summed E-state index contributed by atoms with van der Waals surface area (Å²) in [6, 6.07) is 6.13. The predicted molar refractivity (Wildman–Crippen MR) is 79.9 cm³/mol. The molecule has 1 aromatic rings. The molecule has 22 heavy (non-hydrogen) atoms. The van der Waals surface area contributed by atoms with Gasteiger partial charge in [-0.05, 0) is 31.0 Å². The van der Waals surface area contributed by atoms with E-state index in [0.29, 0.717) is 44.3 Å². The molecule has 0 bridgehead atoms. The van der Waals surface area contributed by atoms with Crippen LogP contribution in [0.5, 0.6) is 0 Å². The standard InChI is InChI=1S/C16H20FN3O2/c17-13-3-1-2-12(10-13)16(22)20-8-6-19(7-9-20)11-15(21)18-14-4-5-14/h1-3,10,14H,4-9,11H2,(H,18,21). The topological polar surface area (TPSA) is 52.7 Å². The van der Waals surface area contributed by atoms with Crippen LogP contribution < -0.4 is 5.32 Å². The lowest BCUT2D eigenvalue weighted by Gasteiger charge is -2.34. The van der Waals surface area contributed by atoms with Gasteiger partial charge in [0, 0.05) is 37.8 Å². The van der Waals surface area contributed by atoms with E-state index in [0.717, 1.165) is 12.8 Å². The Kier molecular flexibility index (Phi) is 4.38. The monoisotopic (exact) mass is 305 g/mol. The number of amides is 2. The Bertz CT molecular complexity index is 566. The minimum atomic E-state index is -0.402.